The Kier molecular flexibility index (Phi) is 3.39. The van der Waals surface area contributed by atoms with Gasteiger partial charge >= 0.3 is 0 Å². The minimum Gasteiger partial charge on any atom is -0.344 e. The molecule has 1 aromatic heterocycles. The number of nitrogens with one attached hydrogen (secondary N) is 2. The lowest BCUT2D eigenvalue weighted by Crippen LogP contribution is -2.50. The summed E-state index contributed by atoms with van der Waals surface area (Å²) in [7, 11) is 1.94. The van der Waals surface area contributed by atoms with Crippen LogP contribution < -0.4 is 10.6 Å². The van der Waals surface area contributed by atoms with Crippen molar-refractivity contribution in [2.24, 2.45) is 7.05 Å². The summed E-state index contributed by atoms with van der Waals surface area (Å²) in [5.74, 6) is 0.551. The van der Waals surface area contributed by atoms with Crippen molar-refractivity contribution in [1.29, 1.82) is 0 Å². The van der Waals surface area contributed by atoms with Gasteiger partial charge in [0.25, 0.3) is 0 Å². The van der Waals surface area contributed by atoms with Crippen molar-refractivity contribution in [2.45, 2.75) is 38.3 Å². The van der Waals surface area contributed by atoms with Crippen LogP contribution in [0.25, 0.3) is 11.0 Å². The molecule has 22 heavy (non-hydrogen) atoms. The zero-order valence-corrected chi connectivity index (χ0v) is 13.0. The molecule has 1 atom stereocenters. The lowest BCUT2D eigenvalue weighted by molar-refractivity contribution is -0.127. The van der Waals surface area contributed by atoms with E-state index in [0.29, 0.717) is 12.8 Å². The summed E-state index contributed by atoms with van der Waals surface area (Å²) < 4.78 is 1.99. The second-order valence-electron chi connectivity index (χ2n) is 6.26. The number of fused-ring (bicyclic) bond motifs is 1. The first-order chi connectivity index (χ1) is 10.4. The maximum atomic E-state index is 12.3. The molecule has 116 valence electrons. The Bertz CT molecular complexity index is 748. The Morgan fingerprint density at radius 2 is 2.14 bits per heavy atom. The first-order valence-electron chi connectivity index (χ1n) is 7.42. The van der Waals surface area contributed by atoms with Crippen molar-refractivity contribution in [3.05, 3.63) is 30.1 Å². The molecular formula is C16H20N4O2. The second kappa shape index (κ2) is 5.12. The van der Waals surface area contributed by atoms with E-state index in [9.17, 15) is 9.59 Å². The smallest absolute Gasteiger partial charge is 0.243 e. The Morgan fingerprint density at radius 1 is 1.41 bits per heavy atom. The number of amides is 2. The van der Waals surface area contributed by atoms with Crippen molar-refractivity contribution < 1.29 is 9.59 Å². The monoisotopic (exact) mass is 300 g/mol. The molecule has 0 spiro atoms. The van der Waals surface area contributed by atoms with Gasteiger partial charge in [0.1, 0.15) is 11.9 Å². The van der Waals surface area contributed by atoms with Gasteiger partial charge < -0.3 is 15.2 Å². The number of aromatic nitrogens is 2. The van der Waals surface area contributed by atoms with E-state index in [1.54, 1.807) is 0 Å². The molecule has 0 aliphatic carbocycles. The Labute approximate surface area is 128 Å². The van der Waals surface area contributed by atoms with Gasteiger partial charge in [-0.15, -0.1) is 0 Å². The van der Waals surface area contributed by atoms with Crippen molar-refractivity contribution >= 4 is 22.8 Å². The van der Waals surface area contributed by atoms with Crippen LogP contribution in [0.2, 0.25) is 0 Å². The molecule has 1 saturated heterocycles. The predicted octanol–water partition coefficient (Wildman–Crippen LogP) is 1.20. The summed E-state index contributed by atoms with van der Waals surface area (Å²) in [6.45, 7) is 3.84. The van der Waals surface area contributed by atoms with Gasteiger partial charge in [-0.3, -0.25) is 9.59 Å². The van der Waals surface area contributed by atoms with E-state index in [0.717, 1.165) is 16.9 Å². The quantitative estimate of drug-likeness (QED) is 0.894. The van der Waals surface area contributed by atoms with Crippen LogP contribution in [0.5, 0.6) is 0 Å². The molecule has 6 heteroatoms. The van der Waals surface area contributed by atoms with E-state index < -0.39 is 11.6 Å². The number of benzene rings is 1. The highest BCUT2D eigenvalue weighted by atomic mass is 16.2. The minimum absolute atomic E-state index is 0.0688. The molecule has 2 N–H and O–H groups in total. The minimum atomic E-state index is -0.627. The van der Waals surface area contributed by atoms with Crippen molar-refractivity contribution in [3.8, 4) is 0 Å². The Balaban J connectivity index is 1.86. The molecule has 1 aromatic carbocycles. The van der Waals surface area contributed by atoms with Gasteiger partial charge in [-0.1, -0.05) is 12.1 Å². The third kappa shape index (κ3) is 2.45. The van der Waals surface area contributed by atoms with Crippen LogP contribution in [-0.4, -0.2) is 27.4 Å². The van der Waals surface area contributed by atoms with Gasteiger partial charge in [-0.05, 0) is 32.4 Å². The fraction of sp³-hybridized carbons (Fsp3) is 0.438. The van der Waals surface area contributed by atoms with E-state index in [4.69, 9.17) is 0 Å². The van der Waals surface area contributed by atoms with E-state index in [1.165, 1.54) is 0 Å². The summed E-state index contributed by atoms with van der Waals surface area (Å²) in [6, 6.07) is 7.42. The summed E-state index contributed by atoms with van der Waals surface area (Å²) in [6.07, 6.45) is 0.952. The zero-order valence-electron chi connectivity index (χ0n) is 13.0. The van der Waals surface area contributed by atoms with Gasteiger partial charge in [0, 0.05) is 13.5 Å². The fourth-order valence-corrected chi connectivity index (χ4v) is 2.97. The number of carbonyl (C=O) groups excluding carboxylic acids is 2. The SMILES string of the molecule is Cn1c(C(C)(C)NC(=O)[C@H]2CCC(=O)N2)nc2ccccc21. The molecule has 3 rings (SSSR count). The van der Waals surface area contributed by atoms with Crippen LogP contribution in [0.3, 0.4) is 0 Å². The van der Waals surface area contributed by atoms with Crippen LogP contribution in [0.1, 0.15) is 32.5 Å². The fourth-order valence-electron chi connectivity index (χ4n) is 2.97. The van der Waals surface area contributed by atoms with E-state index >= 15 is 0 Å². The molecule has 0 saturated carbocycles. The molecule has 1 aliphatic rings. The first kappa shape index (κ1) is 14.6. The molecule has 2 aromatic rings. The number of hydrogen-bond donors (Lipinski definition) is 2. The lowest BCUT2D eigenvalue weighted by Gasteiger charge is -2.27. The second-order valence-corrected chi connectivity index (χ2v) is 6.26. The molecule has 1 fully saturated rings. The maximum absolute atomic E-state index is 12.3. The number of aryl methyl sites for hydroxylation is 1. The third-order valence-electron chi connectivity index (χ3n) is 4.09. The average molecular weight is 300 g/mol. The number of nitrogens with zero attached hydrogens (tertiary/aromatic N) is 2. The van der Waals surface area contributed by atoms with E-state index in [-0.39, 0.29) is 11.8 Å². The largest absolute Gasteiger partial charge is 0.344 e. The topological polar surface area (TPSA) is 76.0 Å². The highest BCUT2D eigenvalue weighted by Gasteiger charge is 2.33. The van der Waals surface area contributed by atoms with Crippen LogP contribution in [0.4, 0.5) is 0 Å². The van der Waals surface area contributed by atoms with Crippen molar-refractivity contribution in [1.82, 2.24) is 20.2 Å². The molecule has 2 amide bonds. The number of hydrogen-bond acceptors (Lipinski definition) is 3. The van der Waals surface area contributed by atoms with Crippen LogP contribution in [-0.2, 0) is 22.2 Å². The van der Waals surface area contributed by atoms with Crippen LogP contribution in [0, 0.1) is 0 Å². The summed E-state index contributed by atoms with van der Waals surface area (Å²) >= 11 is 0. The van der Waals surface area contributed by atoms with Crippen molar-refractivity contribution in [3.63, 3.8) is 0 Å². The van der Waals surface area contributed by atoms with Crippen molar-refractivity contribution in [2.75, 3.05) is 0 Å². The molecule has 0 radical (unpaired) electrons. The molecule has 2 heterocycles. The van der Waals surface area contributed by atoms with Gasteiger partial charge in [0.05, 0.1) is 16.6 Å². The zero-order chi connectivity index (χ0) is 15.9. The number of imidazole rings is 1. The van der Waals surface area contributed by atoms with E-state index in [1.807, 2.05) is 49.7 Å². The maximum Gasteiger partial charge on any atom is 0.243 e. The summed E-state index contributed by atoms with van der Waals surface area (Å²) in [5, 5.41) is 5.69. The average Bonchev–Trinajstić information content (AvgIpc) is 3.04. The summed E-state index contributed by atoms with van der Waals surface area (Å²) in [5.41, 5.74) is 1.29. The Morgan fingerprint density at radius 3 is 2.77 bits per heavy atom. The number of rotatable bonds is 3. The number of carbonyl (C=O) groups is 2. The molecule has 0 bridgehead atoms. The van der Waals surface area contributed by atoms with Gasteiger partial charge in [0.2, 0.25) is 11.8 Å². The molecule has 0 unspecified atom stereocenters. The van der Waals surface area contributed by atoms with Gasteiger partial charge in [0.15, 0.2) is 0 Å². The summed E-state index contributed by atoms with van der Waals surface area (Å²) in [4.78, 5) is 28.2. The van der Waals surface area contributed by atoms with Crippen LogP contribution in [0.15, 0.2) is 24.3 Å². The first-order valence-corrected chi connectivity index (χ1v) is 7.42. The normalized spacial score (nSPS) is 18.5. The van der Waals surface area contributed by atoms with Gasteiger partial charge in [-0.2, -0.15) is 0 Å². The molecule has 6 nitrogen and oxygen atoms in total. The molecular weight excluding hydrogens is 280 g/mol. The Hall–Kier alpha value is -2.37. The standard InChI is InChI=1S/C16H20N4O2/c1-16(2,19-14(22)11-8-9-13(21)17-11)15-18-10-6-4-5-7-12(10)20(15)3/h4-7,11H,8-9H2,1-3H3,(H,17,21)(H,19,22)/t11-/m1/s1. The van der Waals surface area contributed by atoms with E-state index in [2.05, 4.69) is 15.6 Å². The lowest BCUT2D eigenvalue weighted by atomic mass is 10.0. The molecule has 1 aliphatic heterocycles. The predicted molar refractivity (Wildman–Crippen MR) is 83.0 cm³/mol. The van der Waals surface area contributed by atoms with Crippen LogP contribution >= 0.6 is 0 Å². The third-order valence-corrected chi connectivity index (χ3v) is 4.09. The number of para-hydroxylation sites is 2. The highest BCUT2D eigenvalue weighted by Crippen LogP contribution is 2.24. The highest BCUT2D eigenvalue weighted by molar-refractivity contribution is 5.91. The van der Waals surface area contributed by atoms with Gasteiger partial charge in [-0.25, -0.2) is 4.98 Å².